The van der Waals surface area contributed by atoms with Crippen LogP contribution in [0.3, 0.4) is 0 Å². The number of ether oxygens (including phenoxy) is 4. The summed E-state index contributed by atoms with van der Waals surface area (Å²) < 4.78 is 22.1. The van der Waals surface area contributed by atoms with Crippen LogP contribution in [0.15, 0.2) is 36.4 Å². The van der Waals surface area contributed by atoms with E-state index < -0.39 is 0 Å². The zero-order valence-electron chi connectivity index (χ0n) is 29.2. The summed E-state index contributed by atoms with van der Waals surface area (Å²) >= 11 is 0. The van der Waals surface area contributed by atoms with E-state index in [0.29, 0.717) is 38.3 Å². The molecule has 0 saturated carbocycles. The molecule has 2 N–H and O–H groups in total. The molecule has 2 aliphatic heterocycles. The van der Waals surface area contributed by atoms with Crippen molar-refractivity contribution in [1.82, 2.24) is 19.9 Å². The fourth-order valence-electron chi connectivity index (χ4n) is 7.07. The first-order chi connectivity index (χ1) is 22.1. The molecule has 0 spiro atoms. The summed E-state index contributed by atoms with van der Waals surface area (Å²) in [7, 11) is 7.08. The Bertz CT molecular complexity index is 1500. The van der Waals surface area contributed by atoms with Gasteiger partial charge in [-0.25, -0.2) is 0 Å². The third-order valence-corrected chi connectivity index (χ3v) is 9.73. The number of hydrogen-bond acceptors (Lipinski definition) is 6. The van der Waals surface area contributed by atoms with Crippen molar-refractivity contribution in [2.24, 2.45) is 0 Å². The number of hydrogen-bond donors (Lipinski definition) is 2. The van der Waals surface area contributed by atoms with Crippen LogP contribution < -0.4 is 0 Å². The lowest BCUT2D eigenvalue weighted by molar-refractivity contribution is 0.163. The van der Waals surface area contributed by atoms with Crippen molar-refractivity contribution >= 4 is 22.1 Å². The number of aromatic amines is 2. The third-order valence-electron chi connectivity index (χ3n) is 9.73. The first-order valence-corrected chi connectivity index (χ1v) is 16.8. The average molecular weight is 631 g/mol. The molecule has 8 nitrogen and oxygen atoms in total. The van der Waals surface area contributed by atoms with Gasteiger partial charge in [-0.15, -0.1) is 0 Å². The number of H-pyrrole nitrogens is 2. The highest BCUT2D eigenvalue weighted by atomic mass is 16.5. The van der Waals surface area contributed by atoms with E-state index in [1.165, 1.54) is 11.1 Å². The average Bonchev–Trinajstić information content (AvgIpc) is 3.73. The molecule has 0 fully saturated rings. The maximum Gasteiger partial charge on any atom is 0.0487 e. The van der Waals surface area contributed by atoms with Crippen molar-refractivity contribution in [1.29, 1.82) is 0 Å². The van der Waals surface area contributed by atoms with Crippen LogP contribution in [0.4, 0.5) is 0 Å². The van der Waals surface area contributed by atoms with Crippen molar-refractivity contribution in [2.45, 2.75) is 88.9 Å². The van der Waals surface area contributed by atoms with E-state index in [4.69, 9.17) is 28.9 Å². The van der Waals surface area contributed by atoms with Gasteiger partial charge in [0, 0.05) is 123 Å². The zero-order valence-corrected chi connectivity index (χ0v) is 29.2. The smallest absolute Gasteiger partial charge is 0.0487 e. The van der Waals surface area contributed by atoms with Crippen molar-refractivity contribution < 1.29 is 18.9 Å². The van der Waals surface area contributed by atoms with Crippen LogP contribution in [-0.2, 0) is 42.6 Å². The van der Waals surface area contributed by atoms with Gasteiger partial charge >= 0.3 is 0 Å². The van der Waals surface area contributed by atoms with Crippen LogP contribution in [-0.4, -0.2) is 74.8 Å². The van der Waals surface area contributed by atoms with Gasteiger partial charge in [-0.05, 0) is 85.0 Å². The van der Waals surface area contributed by atoms with Crippen LogP contribution in [0.1, 0.15) is 99.1 Å². The monoisotopic (exact) mass is 630 g/mol. The standard InChI is InChI=1S/C38H54N4O4/c1-37(2)23-29-19-33-32(26(11-15-45-7)12-16-46-8)18-28(40-33)22-36-38(3,4)24-30(42-36)20-34-31(17-27(39-34)21-35(37)41-29)25(9-13-43-5)10-14-44-6/h17-22,25-26,39-40H,9-16,23-24H2,1-8H3. The van der Waals surface area contributed by atoms with Gasteiger partial charge in [-0.1, -0.05) is 27.7 Å². The Kier molecular flexibility index (Phi) is 11.0. The molecule has 0 atom stereocenters. The van der Waals surface area contributed by atoms with Gasteiger partial charge in [0.2, 0.25) is 0 Å². The topological polar surface area (TPSA) is 94.3 Å². The van der Waals surface area contributed by atoms with E-state index in [0.717, 1.165) is 83.4 Å². The number of aromatic nitrogens is 4. The van der Waals surface area contributed by atoms with E-state index in [9.17, 15) is 0 Å². The molecule has 0 aliphatic carbocycles. The molecule has 0 amide bonds. The number of rotatable bonds is 14. The minimum Gasteiger partial charge on any atom is -0.385 e. The highest BCUT2D eigenvalue weighted by Gasteiger charge is 2.30. The normalized spacial score (nSPS) is 15.7. The number of nitrogens with one attached hydrogen (secondary N) is 2. The quantitative estimate of drug-likeness (QED) is 0.190. The van der Waals surface area contributed by atoms with E-state index in [1.54, 1.807) is 28.4 Å². The molecule has 8 bridgehead atoms. The Morgan fingerprint density at radius 1 is 0.565 bits per heavy atom. The molecule has 3 aromatic heterocycles. The van der Waals surface area contributed by atoms with Crippen LogP contribution >= 0.6 is 0 Å². The Morgan fingerprint density at radius 2 is 0.913 bits per heavy atom. The van der Waals surface area contributed by atoms with Crippen molar-refractivity contribution in [3.8, 4) is 0 Å². The molecule has 8 heteroatoms. The predicted octanol–water partition coefficient (Wildman–Crippen LogP) is 7.67. The first kappa shape index (κ1) is 34.3. The Hall–Kier alpha value is -3.04. The van der Waals surface area contributed by atoms with E-state index in [1.807, 2.05) is 0 Å². The van der Waals surface area contributed by atoms with Gasteiger partial charge in [0.1, 0.15) is 0 Å². The number of methoxy groups -OCH3 is 4. The molecule has 3 aromatic rings. The second kappa shape index (κ2) is 14.8. The van der Waals surface area contributed by atoms with E-state index in [2.05, 4.69) is 74.1 Å². The largest absolute Gasteiger partial charge is 0.385 e. The van der Waals surface area contributed by atoms with Crippen molar-refractivity contribution in [3.63, 3.8) is 0 Å². The predicted molar refractivity (Wildman–Crippen MR) is 186 cm³/mol. The lowest BCUT2D eigenvalue weighted by Crippen LogP contribution is -2.15. The summed E-state index contributed by atoms with van der Waals surface area (Å²) in [6, 6.07) is 13.6. The molecular weight excluding hydrogens is 576 g/mol. The maximum atomic E-state index is 5.52. The van der Waals surface area contributed by atoms with E-state index in [-0.39, 0.29) is 10.8 Å². The van der Waals surface area contributed by atoms with Gasteiger partial charge in [-0.3, -0.25) is 9.97 Å². The van der Waals surface area contributed by atoms with Gasteiger partial charge in [0.05, 0.1) is 0 Å². The highest BCUT2D eigenvalue weighted by molar-refractivity contribution is 5.69. The molecule has 5 rings (SSSR count). The third kappa shape index (κ3) is 7.91. The second-order valence-electron chi connectivity index (χ2n) is 14.4. The SMILES string of the molecule is COCCC(CCOC)c1cc2cc3nc(cc4[nH]c(cc5nc(cc1[nH]2)CC5(C)C)cc4C(CCOC)CCOC)CC3(C)C. The van der Waals surface area contributed by atoms with Gasteiger partial charge in [-0.2, -0.15) is 0 Å². The molecule has 0 aromatic carbocycles. The molecule has 0 unspecified atom stereocenters. The Morgan fingerprint density at radius 3 is 1.24 bits per heavy atom. The van der Waals surface area contributed by atoms with Crippen LogP contribution in [0, 0.1) is 0 Å². The lowest BCUT2D eigenvalue weighted by Gasteiger charge is -2.16. The van der Waals surface area contributed by atoms with Crippen molar-refractivity contribution in [3.05, 3.63) is 70.3 Å². The fourth-order valence-corrected chi connectivity index (χ4v) is 7.07. The fraction of sp³-hybridized carbons (Fsp3) is 0.579. The minimum absolute atomic E-state index is 0.101. The molecule has 2 aliphatic rings. The van der Waals surface area contributed by atoms with Crippen LogP contribution in [0.2, 0.25) is 0 Å². The summed E-state index contributed by atoms with van der Waals surface area (Å²) in [4.78, 5) is 18.0. The van der Waals surface area contributed by atoms with Gasteiger partial charge < -0.3 is 28.9 Å². The summed E-state index contributed by atoms with van der Waals surface area (Å²) in [6.07, 6.45) is 5.43. The van der Waals surface area contributed by atoms with Crippen molar-refractivity contribution in [2.75, 3.05) is 54.9 Å². The summed E-state index contributed by atoms with van der Waals surface area (Å²) in [5.74, 6) is 0.593. The molecule has 250 valence electrons. The summed E-state index contributed by atoms with van der Waals surface area (Å²) in [5.41, 5.74) is 11.1. The minimum atomic E-state index is -0.101. The number of nitrogens with zero attached hydrogens (tertiary/aromatic N) is 2. The van der Waals surface area contributed by atoms with E-state index >= 15 is 0 Å². The van der Waals surface area contributed by atoms with Crippen LogP contribution in [0.25, 0.3) is 22.1 Å². The first-order valence-electron chi connectivity index (χ1n) is 16.8. The summed E-state index contributed by atoms with van der Waals surface area (Å²) in [6.45, 7) is 11.9. The maximum absolute atomic E-state index is 5.52. The molecule has 5 heterocycles. The lowest BCUT2D eigenvalue weighted by atomic mass is 9.86. The summed E-state index contributed by atoms with van der Waals surface area (Å²) in [5, 5.41) is 0. The van der Waals surface area contributed by atoms with Gasteiger partial charge in [0.25, 0.3) is 0 Å². The molecular formula is C38H54N4O4. The Balaban J connectivity index is 1.78. The highest BCUT2D eigenvalue weighted by Crippen LogP contribution is 2.37. The zero-order chi connectivity index (χ0) is 32.9. The van der Waals surface area contributed by atoms with Crippen LogP contribution in [0.5, 0.6) is 0 Å². The van der Waals surface area contributed by atoms with Gasteiger partial charge in [0.15, 0.2) is 0 Å². The Labute approximate surface area is 274 Å². The molecule has 0 radical (unpaired) electrons. The number of fused-ring (bicyclic) bond motifs is 8. The molecule has 0 saturated heterocycles. The second-order valence-corrected chi connectivity index (χ2v) is 14.4. The molecule has 46 heavy (non-hydrogen) atoms.